The van der Waals surface area contributed by atoms with Crippen LogP contribution in [0, 0.1) is 0 Å². The van der Waals surface area contributed by atoms with E-state index in [-0.39, 0.29) is 5.56 Å². The van der Waals surface area contributed by atoms with E-state index in [9.17, 15) is 14.7 Å². The molecule has 0 saturated carbocycles. The van der Waals surface area contributed by atoms with E-state index >= 15 is 0 Å². The number of benzene rings is 1. The second kappa shape index (κ2) is 6.89. The number of hydrogen-bond acceptors (Lipinski definition) is 5. The first-order chi connectivity index (χ1) is 12.5. The molecule has 1 aromatic carbocycles. The molecule has 0 aliphatic heterocycles. The van der Waals surface area contributed by atoms with Crippen molar-refractivity contribution < 1.29 is 9.90 Å². The van der Waals surface area contributed by atoms with Gasteiger partial charge in [-0.05, 0) is 37.3 Å². The fourth-order valence-corrected chi connectivity index (χ4v) is 5.41. The summed E-state index contributed by atoms with van der Waals surface area (Å²) in [7, 11) is 0. The van der Waals surface area contributed by atoms with Crippen LogP contribution in [0.3, 0.4) is 0 Å². The van der Waals surface area contributed by atoms with Crippen molar-refractivity contribution in [1.82, 2.24) is 9.55 Å². The minimum atomic E-state index is -0.913. The molecule has 1 atom stereocenters. The van der Waals surface area contributed by atoms with E-state index in [0.717, 1.165) is 52.4 Å². The van der Waals surface area contributed by atoms with Crippen molar-refractivity contribution >= 4 is 39.3 Å². The van der Waals surface area contributed by atoms with Crippen LogP contribution in [0.1, 0.15) is 29.3 Å². The van der Waals surface area contributed by atoms with Crippen LogP contribution in [-0.4, -0.2) is 25.9 Å². The topological polar surface area (TPSA) is 72.2 Å². The van der Waals surface area contributed by atoms with Gasteiger partial charge in [0.15, 0.2) is 5.16 Å². The molecule has 0 radical (unpaired) electrons. The van der Waals surface area contributed by atoms with Gasteiger partial charge >= 0.3 is 5.97 Å². The largest absolute Gasteiger partial charge is 0.480 e. The van der Waals surface area contributed by atoms with Gasteiger partial charge in [-0.25, -0.2) is 4.98 Å². The quantitative estimate of drug-likeness (QED) is 0.536. The van der Waals surface area contributed by atoms with Crippen LogP contribution in [0.5, 0.6) is 0 Å². The van der Waals surface area contributed by atoms with Crippen molar-refractivity contribution in [2.24, 2.45) is 0 Å². The highest BCUT2D eigenvalue weighted by Gasteiger charge is 2.25. The van der Waals surface area contributed by atoms with Crippen LogP contribution in [0.25, 0.3) is 10.2 Å². The maximum Gasteiger partial charge on any atom is 0.316 e. The predicted octanol–water partition coefficient (Wildman–Crippen LogP) is 3.56. The Morgan fingerprint density at radius 2 is 2.12 bits per heavy atom. The number of thiophene rings is 1. The third kappa shape index (κ3) is 3.05. The van der Waals surface area contributed by atoms with E-state index in [1.807, 2.05) is 30.3 Å². The number of rotatable bonds is 5. The molecule has 0 bridgehead atoms. The molecule has 7 heteroatoms. The van der Waals surface area contributed by atoms with Crippen molar-refractivity contribution in [3.8, 4) is 0 Å². The van der Waals surface area contributed by atoms with Gasteiger partial charge < -0.3 is 5.11 Å². The molecule has 3 aromatic rings. The van der Waals surface area contributed by atoms with Crippen LogP contribution < -0.4 is 5.56 Å². The summed E-state index contributed by atoms with van der Waals surface area (Å²) < 4.78 is 1.63. The van der Waals surface area contributed by atoms with Crippen molar-refractivity contribution in [3.05, 3.63) is 56.7 Å². The summed E-state index contributed by atoms with van der Waals surface area (Å²) in [6, 6.07) is 9.72. The molecule has 5 nitrogen and oxygen atoms in total. The molecule has 0 amide bonds. The lowest BCUT2D eigenvalue weighted by Gasteiger charge is -2.14. The summed E-state index contributed by atoms with van der Waals surface area (Å²) >= 11 is 2.71. The lowest BCUT2D eigenvalue weighted by molar-refractivity contribution is -0.136. The summed E-state index contributed by atoms with van der Waals surface area (Å²) in [5, 5.41) is 9.80. The Bertz CT molecular complexity index is 1040. The molecule has 0 spiro atoms. The number of fused-ring (bicyclic) bond motifs is 3. The van der Waals surface area contributed by atoms with E-state index in [2.05, 4.69) is 0 Å². The lowest BCUT2D eigenvalue weighted by atomic mass is 10.2. The highest BCUT2D eigenvalue weighted by molar-refractivity contribution is 8.00. The third-order valence-corrected chi connectivity index (χ3v) is 6.87. The smallest absolute Gasteiger partial charge is 0.316 e. The van der Waals surface area contributed by atoms with Crippen molar-refractivity contribution in [2.45, 2.75) is 43.1 Å². The summed E-state index contributed by atoms with van der Waals surface area (Å²) in [5.74, 6) is -0.913. The van der Waals surface area contributed by atoms with Gasteiger partial charge in [-0.3, -0.25) is 14.2 Å². The first-order valence-corrected chi connectivity index (χ1v) is 10.2. The number of aryl methyl sites for hydroxylation is 2. The normalized spacial score (nSPS) is 14.5. The second-order valence-corrected chi connectivity index (χ2v) is 8.80. The Labute approximate surface area is 158 Å². The monoisotopic (exact) mass is 386 g/mol. The van der Waals surface area contributed by atoms with Gasteiger partial charge in [0, 0.05) is 4.88 Å². The van der Waals surface area contributed by atoms with E-state index in [4.69, 9.17) is 4.98 Å². The molecular weight excluding hydrogens is 368 g/mol. The van der Waals surface area contributed by atoms with E-state index in [0.29, 0.717) is 11.7 Å². The molecule has 0 unspecified atom stereocenters. The molecule has 1 aliphatic rings. The van der Waals surface area contributed by atoms with Crippen molar-refractivity contribution in [2.75, 3.05) is 0 Å². The maximum absolute atomic E-state index is 13.3. The predicted molar refractivity (Wildman–Crippen MR) is 104 cm³/mol. The summed E-state index contributed by atoms with van der Waals surface area (Å²) in [4.78, 5) is 31.3. The lowest BCUT2D eigenvalue weighted by Crippen LogP contribution is -2.25. The standard InChI is InChI=1S/C19H18N2O3S2/c1-11(18(23)24)25-19-20-16-15(13-8-5-9-14(13)26-16)17(22)21(19)10-12-6-3-2-4-7-12/h2-4,6-7,11H,5,8-10H2,1H3,(H,23,24)/t11-/m1/s1. The van der Waals surface area contributed by atoms with Gasteiger partial charge in [-0.1, -0.05) is 42.1 Å². The molecule has 2 heterocycles. The Balaban J connectivity index is 1.88. The Kier molecular flexibility index (Phi) is 4.58. The number of aromatic nitrogens is 2. The van der Waals surface area contributed by atoms with E-state index in [1.165, 1.54) is 4.88 Å². The van der Waals surface area contributed by atoms with Gasteiger partial charge in [0.1, 0.15) is 10.1 Å². The second-order valence-electron chi connectivity index (χ2n) is 6.41. The van der Waals surface area contributed by atoms with Crippen molar-refractivity contribution in [3.63, 3.8) is 0 Å². The Morgan fingerprint density at radius 1 is 1.35 bits per heavy atom. The maximum atomic E-state index is 13.3. The number of hydrogen-bond donors (Lipinski definition) is 1. The van der Waals surface area contributed by atoms with Gasteiger partial charge in [-0.2, -0.15) is 0 Å². The highest BCUT2D eigenvalue weighted by Crippen LogP contribution is 2.36. The van der Waals surface area contributed by atoms with Gasteiger partial charge in [-0.15, -0.1) is 11.3 Å². The number of nitrogens with zero attached hydrogens (tertiary/aromatic N) is 2. The molecule has 2 aromatic heterocycles. The molecule has 4 rings (SSSR count). The zero-order valence-electron chi connectivity index (χ0n) is 14.3. The van der Waals surface area contributed by atoms with Crippen LogP contribution in [0.15, 0.2) is 40.3 Å². The fraction of sp³-hybridized carbons (Fsp3) is 0.316. The van der Waals surface area contributed by atoms with E-state index < -0.39 is 11.2 Å². The van der Waals surface area contributed by atoms with E-state index in [1.54, 1.807) is 22.8 Å². The molecule has 1 N–H and O–H groups in total. The van der Waals surface area contributed by atoms with Crippen LogP contribution in [-0.2, 0) is 24.2 Å². The zero-order chi connectivity index (χ0) is 18.3. The molecule has 0 fully saturated rings. The fourth-order valence-electron chi connectivity index (χ4n) is 3.26. The zero-order valence-corrected chi connectivity index (χ0v) is 15.9. The molecular formula is C19H18N2O3S2. The minimum absolute atomic E-state index is 0.0571. The number of thioether (sulfide) groups is 1. The number of carbonyl (C=O) groups is 1. The van der Waals surface area contributed by atoms with Crippen LogP contribution in [0.4, 0.5) is 0 Å². The summed E-state index contributed by atoms with van der Waals surface area (Å²) in [6.45, 7) is 2.01. The molecule has 26 heavy (non-hydrogen) atoms. The number of carboxylic acid groups (broad SMARTS) is 1. The Hall–Kier alpha value is -2.12. The van der Waals surface area contributed by atoms with Gasteiger partial charge in [0.25, 0.3) is 5.56 Å². The SMILES string of the molecule is C[C@@H](Sc1nc2sc3c(c2c(=O)n1Cc1ccccc1)CCC3)C(=O)O. The van der Waals surface area contributed by atoms with Crippen LogP contribution in [0.2, 0.25) is 0 Å². The molecule has 134 valence electrons. The average molecular weight is 386 g/mol. The highest BCUT2D eigenvalue weighted by atomic mass is 32.2. The van der Waals surface area contributed by atoms with Gasteiger partial charge in [0.2, 0.25) is 0 Å². The Morgan fingerprint density at radius 3 is 2.85 bits per heavy atom. The first kappa shape index (κ1) is 17.3. The van der Waals surface area contributed by atoms with Crippen molar-refractivity contribution in [1.29, 1.82) is 0 Å². The molecule has 0 saturated heterocycles. The third-order valence-electron chi connectivity index (χ3n) is 4.60. The number of carboxylic acids is 1. The van der Waals surface area contributed by atoms with Crippen LogP contribution >= 0.6 is 23.1 Å². The average Bonchev–Trinajstić information content (AvgIpc) is 3.19. The first-order valence-electron chi connectivity index (χ1n) is 8.53. The molecule has 1 aliphatic carbocycles. The number of aliphatic carboxylic acids is 1. The van der Waals surface area contributed by atoms with Gasteiger partial charge in [0.05, 0.1) is 11.9 Å². The minimum Gasteiger partial charge on any atom is -0.480 e. The summed E-state index contributed by atoms with van der Waals surface area (Å²) in [6.07, 6.45) is 3.01. The summed E-state index contributed by atoms with van der Waals surface area (Å²) in [5.41, 5.74) is 2.08.